The summed E-state index contributed by atoms with van der Waals surface area (Å²) >= 11 is 0. The van der Waals surface area contributed by atoms with Crippen LogP contribution in [0.15, 0.2) is 30.3 Å². The van der Waals surface area contributed by atoms with Crippen molar-refractivity contribution in [3.05, 3.63) is 35.9 Å². The molecule has 0 bridgehead atoms. The van der Waals surface area contributed by atoms with Crippen LogP contribution < -0.4 is 5.32 Å². The van der Waals surface area contributed by atoms with Crippen molar-refractivity contribution in [2.45, 2.75) is 19.0 Å². The summed E-state index contributed by atoms with van der Waals surface area (Å²) in [6.07, 6.45) is 0.775. The van der Waals surface area contributed by atoms with E-state index in [9.17, 15) is 8.42 Å². The highest BCUT2D eigenvalue weighted by Gasteiger charge is 2.30. The van der Waals surface area contributed by atoms with Crippen molar-refractivity contribution in [3.8, 4) is 0 Å². The zero-order chi connectivity index (χ0) is 13.7. The van der Waals surface area contributed by atoms with Crippen LogP contribution in [0.4, 0.5) is 0 Å². The largest absolute Gasteiger partial charge is 0.311 e. The lowest BCUT2D eigenvalue weighted by Gasteiger charge is -2.23. The fourth-order valence-corrected chi connectivity index (χ4v) is 4.19. The average Bonchev–Trinajstić information content (AvgIpc) is 2.76. The van der Waals surface area contributed by atoms with E-state index in [1.54, 1.807) is 0 Å². The maximum atomic E-state index is 11.4. The Labute approximate surface area is 115 Å². The molecule has 1 aromatic rings. The van der Waals surface area contributed by atoms with Crippen molar-refractivity contribution in [2.24, 2.45) is 0 Å². The first kappa shape index (κ1) is 14.5. The quantitative estimate of drug-likeness (QED) is 0.788. The molecule has 1 atom stereocenters. The van der Waals surface area contributed by atoms with Gasteiger partial charge in [-0.15, -0.1) is 0 Å². The molecule has 0 aromatic heterocycles. The van der Waals surface area contributed by atoms with Gasteiger partial charge >= 0.3 is 0 Å². The number of sulfone groups is 1. The van der Waals surface area contributed by atoms with Crippen LogP contribution >= 0.6 is 0 Å². The Morgan fingerprint density at radius 1 is 1.32 bits per heavy atom. The molecule has 0 amide bonds. The molecule has 1 aliphatic heterocycles. The van der Waals surface area contributed by atoms with Crippen molar-refractivity contribution >= 4 is 9.84 Å². The van der Waals surface area contributed by atoms with Gasteiger partial charge in [0.25, 0.3) is 0 Å². The maximum absolute atomic E-state index is 11.4. The van der Waals surface area contributed by atoms with E-state index in [1.807, 2.05) is 25.2 Å². The number of hydrogen-bond donors (Lipinski definition) is 1. The van der Waals surface area contributed by atoms with Crippen molar-refractivity contribution in [2.75, 3.05) is 31.6 Å². The molecule has 106 valence electrons. The van der Waals surface area contributed by atoms with Gasteiger partial charge in [0.2, 0.25) is 0 Å². The van der Waals surface area contributed by atoms with E-state index in [0.29, 0.717) is 11.5 Å². The highest BCUT2D eigenvalue weighted by atomic mass is 32.2. The Morgan fingerprint density at radius 3 is 2.68 bits per heavy atom. The molecule has 1 unspecified atom stereocenters. The molecule has 1 saturated heterocycles. The van der Waals surface area contributed by atoms with E-state index in [4.69, 9.17) is 0 Å². The molecule has 0 aliphatic carbocycles. The third-order valence-electron chi connectivity index (χ3n) is 3.64. The summed E-state index contributed by atoms with van der Waals surface area (Å²) in [4.78, 5) is 2.16. The summed E-state index contributed by atoms with van der Waals surface area (Å²) in [6, 6.07) is 10.5. The SMILES string of the molecule is CN(CCNCc1ccccc1)C1CCS(=O)(=O)C1. The summed E-state index contributed by atoms with van der Waals surface area (Å²) in [6.45, 7) is 2.62. The van der Waals surface area contributed by atoms with Gasteiger partial charge in [-0.25, -0.2) is 8.42 Å². The van der Waals surface area contributed by atoms with Gasteiger partial charge in [-0.1, -0.05) is 30.3 Å². The Kier molecular flexibility index (Phi) is 4.96. The first-order valence-electron chi connectivity index (χ1n) is 6.72. The first-order valence-corrected chi connectivity index (χ1v) is 8.54. The molecule has 5 heteroatoms. The van der Waals surface area contributed by atoms with E-state index in [2.05, 4.69) is 22.3 Å². The van der Waals surface area contributed by atoms with Gasteiger partial charge in [0, 0.05) is 25.7 Å². The van der Waals surface area contributed by atoms with Crippen LogP contribution in [0.5, 0.6) is 0 Å². The van der Waals surface area contributed by atoms with Gasteiger partial charge in [0.1, 0.15) is 0 Å². The molecule has 0 saturated carbocycles. The highest BCUT2D eigenvalue weighted by Crippen LogP contribution is 2.15. The molecule has 0 radical (unpaired) electrons. The molecule has 1 fully saturated rings. The van der Waals surface area contributed by atoms with Crippen LogP contribution in [0.2, 0.25) is 0 Å². The number of benzene rings is 1. The fraction of sp³-hybridized carbons (Fsp3) is 0.571. The number of hydrogen-bond acceptors (Lipinski definition) is 4. The Balaban J connectivity index is 1.66. The number of likely N-dealkylation sites (N-methyl/N-ethyl adjacent to an activating group) is 1. The summed E-state index contributed by atoms with van der Waals surface area (Å²) in [5.74, 6) is 0.668. The minimum Gasteiger partial charge on any atom is -0.311 e. The summed E-state index contributed by atoms with van der Waals surface area (Å²) < 4.78 is 22.8. The zero-order valence-electron chi connectivity index (χ0n) is 11.4. The van der Waals surface area contributed by atoms with Crippen molar-refractivity contribution in [3.63, 3.8) is 0 Å². The number of nitrogens with one attached hydrogen (secondary N) is 1. The van der Waals surface area contributed by atoms with Gasteiger partial charge < -0.3 is 10.2 Å². The first-order chi connectivity index (χ1) is 9.07. The molecule has 19 heavy (non-hydrogen) atoms. The second kappa shape index (κ2) is 6.50. The average molecular weight is 282 g/mol. The number of nitrogens with zero attached hydrogens (tertiary/aromatic N) is 1. The Hall–Kier alpha value is -0.910. The van der Waals surface area contributed by atoms with Gasteiger partial charge in [-0.05, 0) is 19.0 Å². The van der Waals surface area contributed by atoms with E-state index in [-0.39, 0.29) is 6.04 Å². The van der Waals surface area contributed by atoms with Crippen molar-refractivity contribution in [1.29, 1.82) is 0 Å². The summed E-state index contributed by atoms with van der Waals surface area (Å²) in [5, 5.41) is 3.39. The van der Waals surface area contributed by atoms with Crippen LogP contribution in [0, 0.1) is 0 Å². The molecular formula is C14H22N2O2S. The van der Waals surface area contributed by atoms with Gasteiger partial charge in [-0.2, -0.15) is 0 Å². The summed E-state index contributed by atoms with van der Waals surface area (Å²) in [7, 11) is -0.767. The monoisotopic (exact) mass is 282 g/mol. The zero-order valence-corrected chi connectivity index (χ0v) is 12.2. The maximum Gasteiger partial charge on any atom is 0.151 e. The lowest BCUT2D eigenvalue weighted by atomic mass is 10.2. The molecule has 4 nitrogen and oxygen atoms in total. The van der Waals surface area contributed by atoms with Crippen molar-refractivity contribution in [1.82, 2.24) is 10.2 Å². The van der Waals surface area contributed by atoms with Crippen LogP contribution in [-0.4, -0.2) is 51.0 Å². The topological polar surface area (TPSA) is 49.4 Å². The second-order valence-corrected chi connectivity index (χ2v) is 7.43. The standard InChI is InChI=1S/C14H22N2O2S/c1-16(14-7-10-19(17,18)12-14)9-8-15-11-13-5-3-2-4-6-13/h2-6,14-15H,7-12H2,1H3. The smallest absolute Gasteiger partial charge is 0.151 e. The van der Waals surface area contributed by atoms with E-state index in [0.717, 1.165) is 26.1 Å². The molecule has 1 aromatic carbocycles. The Morgan fingerprint density at radius 2 is 2.05 bits per heavy atom. The molecule has 1 heterocycles. The Bertz CT molecular complexity index is 487. The van der Waals surface area contributed by atoms with Crippen LogP contribution in [-0.2, 0) is 16.4 Å². The molecule has 1 aliphatic rings. The number of rotatable bonds is 6. The van der Waals surface area contributed by atoms with Gasteiger partial charge in [0.15, 0.2) is 9.84 Å². The molecule has 0 spiro atoms. The van der Waals surface area contributed by atoms with Crippen molar-refractivity contribution < 1.29 is 8.42 Å². The van der Waals surface area contributed by atoms with E-state index >= 15 is 0 Å². The molecule has 1 N–H and O–H groups in total. The van der Waals surface area contributed by atoms with Crippen LogP contribution in [0.3, 0.4) is 0 Å². The minimum absolute atomic E-state index is 0.198. The predicted molar refractivity (Wildman–Crippen MR) is 77.8 cm³/mol. The third kappa shape index (κ3) is 4.60. The molecule has 2 rings (SSSR count). The van der Waals surface area contributed by atoms with E-state index < -0.39 is 9.84 Å². The summed E-state index contributed by atoms with van der Waals surface area (Å²) in [5.41, 5.74) is 1.27. The van der Waals surface area contributed by atoms with Crippen LogP contribution in [0.25, 0.3) is 0 Å². The lowest BCUT2D eigenvalue weighted by molar-refractivity contribution is 0.261. The fourth-order valence-electron chi connectivity index (χ4n) is 2.39. The third-order valence-corrected chi connectivity index (χ3v) is 5.40. The second-order valence-electron chi connectivity index (χ2n) is 5.20. The van der Waals surface area contributed by atoms with E-state index in [1.165, 1.54) is 5.56 Å². The normalized spacial score (nSPS) is 21.9. The van der Waals surface area contributed by atoms with Crippen LogP contribution in [0.1, 0.15) is 12.0 Å². The molecular weight excluding hydrogens is 260 g/mol. The predicted octanol–water partition coefficient (Wildman–Crippen LogP) is 0.895. The minimum atomic E-state index is -2.78. The highest BCUT2D eigenvalue weighted by molar-refractivity contribution is 7.91. The van der Waals surface area contributed by atoms with Gasteiger partial charge in [0.05, 0.1) is 11.5 Å². The lowest BCUT2D eigenvalue weighted by Crippen LogP contribution is -2.37. The van der Waals surface area contributed by atoms with Gasteiger partial charge in [-0.3, -0.25) is 0 Å².